The van der Waals surface area contributed by atoms with Crippen molar-refractivity contribution in [2.75, 3.05) is 13.7 Å². The molecule has 0 saturated carbocycles. The molecule has 2 aromatic rings. The summed E-state index contributed by atoms with van der Waals surface area (Å²) in [7, 11) is 1.52. The molecule has 2 rings (SSSR count). The fourth-order valence-electron chi connectivity index (χ4n) is 1.89. The minimum atomic E-state index is -1.03. The predicted octanol–water partition coefficient (Wildman–Crippen LogP) is 2.04. The Bertz CT molecular complexity index is 580. The molecule has 2 N–H and O–H groups in total. The van der Waals surface area contributed by atoms with Gasteiger partial charge in [-0.05, 0) is 18.2 Å². The maximum atomic E-state index is 10.7. The highest BCUT2D eigenvalue weighted by Crippen LogP contribution is 2.31. The first kappa shape index (κ1) is 14.9. The van der Waals surface area contributed by atoms with Gasteiger partial charge in [0, 0.05) is 12.1 Å². The van der Waals surface area contributed by atoms with Crippen molar-refractivity contribution in [1.29, 1.82) is 0 Å². The molecule has 0 bridgehead atoms. The van der Waals surface area contributed by atoms with Gasteiger partial charge in [0.2, 0.25) is 0 Å². The third-order valence-corrected chi connectivity index (χ3v) is 2.82. The maximum Gasteiger partial charge on any atom is 0.341 e. The summed E-state index contributed by atoms with van der Waals surface area (Å²) < 4.78 is 15.8. The van der Waals surface area contributed by atoms with Gasteiger partial charge in [-0.3, -0.25) is 0 Å². The third kappa shape index (κ3) is 4.25. The van der Waals surface area contributed by atoms with Crippen molar-refractivity contribution in [3.63, 3.8) is 0 Å². The molecule has 0 radical (unpaired) electrons. The quantitative estimate of drug-likeness (QED) is 0.774. The summed E-state index contributed by atoms with van der Waals surface area (Å²) in [6.07, 6.45) is 1.62. The Kier molecular flexibility index (Phi) is 5.22. The molecule has 0 unspecified atom stereocenters. The van der Waals surface area contributed by atoms with E-state index in [4.69, 9.17) is 19.0 Å². The SMILES string of the molecule is COc1cccc(CNCc2ccco2)c1OCC(=O)O. The van der Waals surface area contributed by atoms with E-state index < -0.39 is 12.6 Å². The molecule has 1 aromatic carbocycles. The number of aliphatic carboxylic acids is 1. The van der Waals surface area contributed by atoms with Gasteiger partial charge in [-0.25, -0.2) is 4.79 Å². The van der Waals surface area contributed by atoms with Crippen molar-refractivity contribution in [3.05, 3.63) is 47.9 Å². The minimum Gasteiger partial charge on any atom is -0.493 e. The van der Waals surface area contributed by atoms with Crippen LogP contribution in [0.4, 0.5) is 0 Å². The fraction of sp³-hybridized carbons (Fsp3) is 0.267. The van der Waals surface area contributed by atoms with E-state index in [0.29, 0.717) is 24.6 Å². The number of furan rings is 1. The van der Waals surface area contributed by atoms with E-state index >= 15 is 0 Å². The molecule has 0 spiro atoms. The molecule has 0 aliphatic rings. The number of rotatable bonds is 8. The number of ether oxygens (including phenoxy) is 2. The monoisotopic (exact) mass is 291 g/mol. The lowest BCUT2D eigenvalue weighted by molar-refractivity contribution is -0.139. The first-order chi connectivity index (χ1) is 10.2. The van der Waals surface area contributed by atoms with Crippen molar-refractivity contribution in [2.45, 2.75) is 13.1 Å². The number of para-hydroxylation sites is 1. The molecule has 0 aliphatic heterocycles. The van der Waals surface area contributed by atoms with Crippen molar-refractivity contribution in [2.24, 2.45) is 0 Å². The van der Waals surface area contributed by atoms with Crippen molar-refractivity contribution in [3.8, 4) is 11.5 Å². The summed E-state index contributed by atoms with van der Waals surface area (Å²) in [6.45, 7) is 0.668. The van der Waals surface area contributed by atoms with E-state index in [9.17, 15) is 4.79 Å². The van der Waals surface area contributed by atoms with Gasteiger partial charge in [0.05, 0.1) is 19.9 Å². The van der Waals surface area contributed by atoms with Gasteiger partial charge in [0.25, 0.3) is 0 Å². The number of nitrogens with one attached hydrogen (secondary N) is 1. The van der Waals surface area contributed by atoms with Gasteiger partial charge in [-0.1, -0.05) is 12.1 Å². The molecule has 1 heterocycles. The van der Waals surface area contributed by atoms with Crippen LogP contribution in [0.15, 0.2) is 41.0 Å². The number of hydrogen-bond donors (Lipinski definition) is 2. The summed E-state index contributed by atoms with van der Waals surface area (Å²) in [6, 6.07) is 9.11. The van der Waals surface area contributed by atoms with Crippen LogP contribution >= 0.6 is 0 Å². The fourth-order valence-corrected chi connectivity index (χ4v) is 1.89. The Morgan fingerprint density at radius 3 is 2.81 bits per heavy atom. The highest BCUT2D eigenvalue weighted by atomic mass is 16.5. The van der Waals surface area contributed by atoms with E-state index in [1.165, 1.54) is 7.11 Å². The molecule has 6 heteroatoms. The maximum absolute atomic E-state index is 10.7. The van der Waals surface area contributed by atoms with Crippen LogP contribution in [0, 0.1) is 0 Å². The second-order valence-electron chi connectivity index (χ2n) is 4.31. The van der Waals surface area contributed by atoms with Crippen LogP contribution < -0.4 is 14.8 Å². The molecule has 112 valence electrons. The normalized spacial score (nSPS) is 10.3. The van der Waals surface area contributed by atoms with Crippen LogP contribution in [0.25, 0.3) is 0 Å². The molecule has 0 saturated heterocycles. The predicted molar refractivity (Wildman–Crippen MR) is 75.4 cm³/mol. The largest absolute Gasteiger partial charge is 0.493 e. The Hall–Kier alpha value is -2.47. The zero-order chi connectivity index (χ0) is 15.1. The smallest absolute Gasteiger partial charge is 0.341 e. The zero-order valence-electron chi connectivity index (χ0n) is 11.7. The van der Waals surface area contributed by atoms with Gasteiger partial charge in [-0.2, -0.15) is 0 Å². The van der Waals surface area contributed by atoms with Crippen molar-refractivity contribution in [1.82, 2.24) is 5.32 Å². The summed E-state index contributed by atoms with van der Waals surface area (Å²) in [4.78, 5) is 10.7. The number of hydrogen-bond acceptors (Lipinski definition) is 5. The average molecular weight is 291 g/mol. The van der Waals surface area contributed by atoms with Crippen LogP contribution in [0.2, 0.25) is 0 Å². The van der Waals surface area contributed by atoms with Crippen LogP contribution in [0.5, 0.6) is 11.5 Å². The summed E-state index contributed by atoms with van der Waals surface area (Å²) in [5.41, 5.74) is 0.821. The number of carboxylic acid groups (broad SMARTS) is 1. The average Bonchev–Trinajstić information content (AvgIpc) is 2.98. The minimum absolute atomic E-state index is 0.411. The zero-order valence-corrected chi connectivity index (χ0v) is 11.7. The van der Waals surface area contributed by atoms with Crippen LogP contribution in [0.1, 0.15) is 11.3 Å². The first-order valence-corrected chi connectivity index (χ1v) is 6.44. The summed E-state index contributed by atoms with van der Waals surface area (Å²) in [5, 5.41) is 11.9. The number of carboxylic acids is 1. The Morgan fingerprint density at radius 1 is 1.29 bits per heavy atom. The molecule has 21 heavy (non-hydrogen) atoms. The third-order valence-electron chi connectivity index (χ3n) is 2.82. The standard InChI is InChI=1S/C15H17NO5/c1-19-13-6-2-4-11(15(13)21-10-14(17)18)8-16-9-12-5-3-7-20-12/h2-7,16H,8-10H2,1H3,(H,17,18). The Morgan fingerprint density at radius 2 is 2.14 bits per heavy atom. The molecule has 1 aromatic heterocycles. The van der Waals surface area contributed by atoms with E-state index in [-0.39, 0.29) is 0 Å². The van der Waals surface area contributed by atoms with E-state index in [2.05, 4.69) is 5.32 Å². The number of benzene rings is 1. The molecule has 6 nitrogen and oxygen atoms in total. The Balaban J connectivity index is 2.04. The lowest BCUT2D eigenvalue weighted by atomic mass is 10.2. The second kappa shape index (κ2) is 7.35. The first-order valence-electron chi connectivity index (χ1n) is 6.44. The lowest BCUT2D eigenvalue weighted by Gasteiger charge is -2.14. The molecular weight excluding hydrogens is 274 g/mol. The van der Waals surface area contributed by atoms with Gasteiger partial charge < -0.3 is 24.3 Å². The van der Waals surface area contributed by atoms with Gasteiger partial charge in [0.1, 0.15) is 5.76 Å². The van der Waals surface area contributed by atoms with Gasteiger partial charge in [-0.15, -0.1) is 0 Å². The molecule has 0 fully saturated rings. The van der Waals surface area contributed by atoms with E-state index in [1.807, 2.05) is 24.3 Å². The van der Waals surface area contributed by atoms with Crippen LogP contribution in [-0.4, -0.2) is 24.8 Å². The Labute approximate surface area is 122 Å². The lowest BCUT2D eigenvalue weighted by Crippen LogP contribution is -2.15. The highest BCUT2D eigenvalue weighted by Gasteiger charge is 2.12. The topological polar surface area (TPSA) is 80.9 Å². The summed E-state index contributed by atoms with van der Waals surface area (Å²) >= 11 is 0. The number of carbonyl (C=O) groups is 1. The molecule has 0 atom stereocenters. The second-order valence-corrected chi connectivity index (χ2v) is 4.31. The van der Waals surface area contributed by atoms with Gasteiger partial charge >= 0.3 is 5.97 Å². The van der Waals surface area contributed by atoms with E-state index in [1.54, 1.807) is 12.3 Å². The summed E-state index contributed by atoms with van der Waals surface area (Å²) in [5.74, 6) is 0.740. The molecule has 0 amide bonds. The van der Waals surface area contributed by atoms with E-state index in [0.717, 1.165) is 11.3 Å². The molecular formula is C15H17NO5. The van der Waals surface area contributed by atoms with Gasteiger partial charge in [0.15, 0.2) is 18.1 Å². The van der Waals surface area contributed by atoms with Crippen molar-refractivity contribution >= 4 is 5.97 Å². The number of methoxy groups -OCH3 is 1. The molecule has 0 aliphatic carbocycles. The highest BCUT2D eigenvalue weighted by molar-refractivity contribution is 5.68. The van der Waals surface area contributed by atoms with Crippen LogP contribution in [0.3, 0.4) is 0 Å². The van der Waals surface area contributed by atoms with Crippen LogP contribution in [-0.2, 0) is 17.9 Å². The van der Waals surface area contributed by atoms with Crippen molar-refractivity contribution < 1.29 is 23.8 Å².